The molecule has 2 N–H and O–H groups in total. The second-order valence-electron chi connectivity index (χ2n) is 14.6. The van der Waals surface area contributed by atoms with Gasteiger partial charge in [0.2, 0.25) is 0 Å². The predicted octanol–water partition coefficient (Wildman–Crippen LogP) is 5.76. The molecule has 2 amide bonds. The van der Waals surface area contributed by atoms with Crippen LogP contribution in [0.4, 0.5) is 10.5 Å². The van der Waals surface area contributed by atoms with Gasteiger partial charge in [-0.2, -0.15) is 0 Å². The zero-order chi connectivity index (χ0) is 34.3. The zero-order valence-electron chi connectivity index (χ0n) is 28.1. The Labute approximate surface area is 288 Å². The van der Waals surface area contributed by atoms with Crippen molar-refractivity contribution < 1.29 is 32.2 Å². The molecule has 6 rings (SSSR count). The van der Waals surface area contributed by atoms with Crippen LogP contribution in [-0.2, 0) is 36.1 Å². The van der Waals surface area contributed by atoms with Crippen molar-refractivity contribution in [3.05, 3.63) is 64.7 Å². The molecular weight excluding hydrogens is 654 g/mol. The molecule has 4 aliphatic rings. The molecule has 12 heteroatoms. The summed E-state index contributed by atoms with van der Waals surface area (Å²) in [4.78, 5) is 28.3. The average molecular weight is 700 g/mol. The van der Waals surface area contributed by atoms with Crippen LogP contribution in [0.2, 0.25) is 5.02 Å². The van der Waals surface area contributed by atoms with Crippen molar-refractivity contribution in [3.8, 4) is 5.75 Å². The lowest BCUT2D eigenvalue weighted by molar-refractivity contribution is -0.139. The monoisotopic (exact) mass is 699 g/mol. The van der Waals surface area contributed by atoms with Crippen molar-refractivity contribution in [2.75, 3.05) is 37.7 Å². The summed E-state index contributed by atoms with van der Waals surface area (Å²) in [5, 5.41) is 3.57. The fourth-order valence-corrected chi connectivity index (χ4v) is 8.65. The average Bonchev–Trinajstić information content (AvgIpc) is 3.16. The molecule has 0 saturated heterocycles. The number of alkyl carbamates (subject to hydrolysis) is 1. The van der Waals surface area contributed by atoms with Crippen molar-refractivity contribution >= 4 is 39.3 Å². The van der Waals surface area contributed by atoms with Gasteiger partial charge in [-0.3, -0.25) is 4.79 Å². The smallest absolute Gasteiger partial charge is 0.407 e. The van der Waals surface area contributed by atoms with E-state index in [0.717, 1.165) is 32.1 Å². The highest BCUT2D eigenvalue weighted by Crippen LogP contribution is 2.47. The van der Waals surface area contributed by atoms with Crippen LogP contribution in [-0.4, -0.2) is 65.0 Å². The summed E-state index contributed by atoms with van der Waals surface area (Å²) in [6.07, 6.45) is 7.20. The Hall–Kier alpha value is -3.28. The number of carbonyl (C=O) groups excluding carboxylic acids is 2. The van der Waals surface area contributed by atoms with E-state index in [-0.39, 0.29) is 34.7 Å². The number of benzene rings is 2. The Balaban J connectivity index is 1.41. The number of anilines is 1. The molecule has 2 aromatic rings. The number of halogens is 1. The summed E-state index contributed by atoms with van der Waals surface area (Å²) >= 11 is 6.42. The molecule has 48 heavy (non-hydrogen) atoms. The Morgan fingerprint density at radius 1 is 1.19 bits per heavy atom. The Kier molecular flexibility index (Phi) is 9.77. The van der Waals surface area contributed by atoms with Gasteiger partial charge in [-0.05, 0) is 105 Å². The molecule has 2 bridgehead atoms. The standard InChI is InChI=1S/C36H46ClN3O7S/c1-23(2)19-38-34(42)47-31-8-6-16-46-35(3,4)33(41)39-48(43,44)27-11-14-32-30(18-27)40(20-25-9-12-28(25)31)21-36(22-45-32)15-5-7-24-17-26(37)10-13-29(24)36/h6,8,10-11,13-14,17-18,23,25,28,31H,5,7,9,12,15-16,19-22H2,1-4H3,(H,38,42)(H,39,41)/t25-,28+,31-,36-/m0/s1. The fourth-order valence-electron chi connectivity index (χ4n) is 7.34. The number of hydrogen-bond donors (Lipinski definition) is 2. The molecule has 0 unspecified atom stereocenters. The van der Waals surface area contributed by atoms with Gasteiger partial charge in [0.15, 0.2) is 0 Å². The van der Waals surface area contributed by atoms with Crippen LogP contribution < -0.4 is 19.7 Å². The van der Waals surface area contributed by atoms with E-state index in [1.807, 2.05) is 32.1 Å². The molecule has 2 heterocycles. The third-order valence-electron chi connectivity index (χ3n) is 10.2. The third kappa shape index (κ3) is 7.19. The van der Waals surface area contributed by atoms with Gasteiger partial charge < -0.3 is 24.4 Å². The molecule has 1 saturated carbocycles. The lowest BCUT2D eigenvalue weighted by Gasteiger charge is -2.46. The summed E-state index contributed by atoms with van der Waals surface area (Å²) in [5.41, 5.74) is 1.26. The minimum Gasteiger partial charge on any atom is -0.490 e. The lowest BCUT2D eigenvalue weighted by Crippen LogP contribution is -2.50. The molecule has 0 aromatic heterocycles. The van der Waals surface area contributed by atoms with E-state index in [1.165, 1.54) is 31.0 Å². The van der Waals surface area contributed by atoms with E-state index >= 15 is 0 Å². The number of amides is 2. The molecular formula is C36H46ClN3O7S. The molecule has 1 fully saturated rings. The van der Waals surface area contributed by atoms with Gasteiger partial charge in [-0.1, -0.05) is 37.6 Å². The number of nitrogens with zero attached hydrogens (tertiary/aromatic N) is 1. The quantitative estimate of drug-likeness (QED) is 0.388. The molecule has 4 atom stereocenters. The highest BCUT2D eigenvalue weighted by atomic mass is 35.5. The predicted molar refractivity (Wildman–Crippen MR) is 184 cm³/mol. The van der Waals surface area contributed by atoms with E-state index in [2.05, 4.69) is 21.0 Å². The topological polar surface area (TPSA) is 123 Å². The summed E-state index contributed by atoms with van der Waals surface area (Å²) < 4.78 is 47.8. The largest absolute Gasteiger partial charge is 0.490 e. The minimum absolute atomic E-state index is 0.0274. The Morgan fingerprint density at radius 3 is 2.75 bits per heavy atom. The minimum atomic E-state index is -4.23. The molecule has 10 nitrogen and oxygen atoms in total. The first kappa shape index (κ1) is 34.6. The number of hydrogen-bond acceptors (Lipinski definition) is 8. The number of carbonyl (C=O) groups is 2. The summed E-state index contributed by atoms with van der Waals surface area (Å²) in [6.45, 7) is 9.25. The molecule has 0 radical (unpaired) electrons. The van der Waals surface area contributed by atoms with Crippen molar-refractivity contribution in [2.24, 2.45) is 17.8 Å². The molecule has 2 aromatic carbocycles. The first-order chi connectivity index (χ1) is 22.8. The van der Waals surface area contributed by atoms with Gasteiger partial charge in [0.1, 0.15) is 17.5 Å². The second kappa shape index (κ2) is 13.6. The van der Waals surface area contributed by atoms with Gasteiger partial charge in [0.25, 0.3) is 15.9 Å². The van der Waals surface area contributed by atoms with E-state index in [1.54, 1.807) is 18.2 Å². The summed E-state index contributed by atoms with van der Waals surface area (Å²) in [6, 6.07) is 10.9. The van der Waals surface area contributed by atoms with E-state index in [0.29, 0.717) is 42.7 Å². The maximum absolute atomic E-state index is 13.6. The van der Waals surface area contributed by atoms with E-state index in [4.69, 9.17) is 25.8 Å². The van der Waals surface area contributed by atoms with Crippen LogP contribution >= 0.6 is 11.6 Å². The first-order valence-corrected chi connectivity index (χ1v) is 18.8. The van der Waals surface area contributed by atoms with Crippen molar-refractivity contribution in [1.82, 2.24) is 10.0 Å². The van der Waals surface area contributed by atoms with Crippen LogP contribution in [0.3, 0.4) is 0 Å². The number of rotatable bonds is 3. The van der Waals surface area contributed by atoms with Crippen LogP contribution in [0.15, 0.2) is 53.4 Å². The van der Waals surface area contributed by atoms with Crippen LogP contribution in [0.1, 0.15) is 64.5 Å². The molecule has 2 aliphatic heterocycles. The SMILES string of the molecule is CC(C)CNC(=O)O[C@H]1C=CCOC(C)(C)C(=O)NS(=O)(=O)c2ccc3c(c2)N(C[C@@H]2CC[C@H]21)C[C@@]1(CCCc2cc(Cl)ccc21)CO3. The van der Waals surface area contributed by atoms with E-state index in [9.17, 15) is 18.0 Å². The van der Waals surface area contributed by atoms with Crippen molar-refractivity contribution in [1.29, 1.82) is 0 Å². The Morgan fingerprint density at radius 2 is 2.00 bits per heavy atom. The summed E-state index contributed by atoms with van der Waals surface area (Å²) in [7, 11) is -4.23. The van der Waals surface area contributed by atoms with Gasteiger partial charge in [0.05, 0.1) is 23.8 Å². The molecule has 260 valence electrons. The molecule has 2 aliphatic carbocycles. The number of nitrogens with one attached hydrogen (secondary N) is 2. The highest BCUT2D eigenvalue weighted by Gasteiger charge is 2.45. The third-order valence-corrected chi connectivity index (χ3v) is 11.8. The van der Waals surface area contributed by atoms with Crippen molar-refractivity contribution in [3.63, 3.8) is 0 Å². The summed E-state index contributed by atoms with van der Waals surface area (Å²) in [5.74, 6) is 0.250. The van der Waals surface area contributed by atoms with Crippen LogP contribution in [0.5, 0.6) is 5.75 Å². The van der Waals surface area contributed by atoms with Gasteiger partial charge in [0, 0.05) is 36.0 Å². The number of aryl methyl sites for hydroxylation is 1. The van der Waals surface area contributed by atoms with Gasteiger partial charge in [-0.25, -0.2) is 17.9 Å². The van der Waals surface area contributed by atoms with Crippen LogP contribution in [0, 0.1) is 17.8 Å². The van der Waals surface area contributed by atoms with Crippen molar-refractivity contribution in [2.45, 2.75) is 81.8 Å². The van der Waals surface area contributed by atoms with Crippen LogP contribution in [0.25, 0.3) is 0 Å². The Bertz CT molecular complexity index is 1690. The second-order valence-corrected chi connectivity index (χ2v) is 16.7. The number of fused-ring (bicyclic) bond motifs is 4. The highest BCUT2D eigenvalue weighted by molar-refractivity contribution is 7.90. The van der Waals surface area contributed by atoms with E-state index < -0.39 is 33.7 Å². The number of ether oxygens (including phenoxy) is 3. The normalized spacial score (nSPS) is 27.8. The maximum atomic E-state index is 13.6. The number of sulfonamides is 1. The lowest BCUT2D eigenvalue weighted by atomic mass is 9.68. The molecule has 1 spiro atoms. The van der Waals surface area contributed by atoms with Gasteiger partial charge in [-0.15, -0.1) is 0 Å². The zero-order valence-corrected chi connectivity index (χ0v) is 29.7. The van der Waals surface area contributed by atoms with Gasteiger partial charge >= 0.3 is 6.09 Å². The maximum Gasteiger partial charge on any atom is 0.407 e. The first-order valence-electron chi connectivity index (χ1n) is 16.9. The fraction of sp³-hybridized carbons (Fsp3) is 0.556.